The van der Waals surface area contributed by atoms with Gasteiger partial charge in [0.15, 0.2) is 0 Å². The monoisotopic (exact) mass is 259 g/mol. The van der Waals surface area contributed by atoms with Crippen molar-refractivity contribution in [1.82, 2.24) is 4.90 Å². The zero-order valence-corrected chi connectivity index (χ0v) is 11.0. The molecule has 3 atom stereocenters. The molecule has 0 aromatic heterocycles. The molecule has 4 heteroatoms. The normalized spacial score (nSPS) is 29.3. The molecule has 19 heavy (non-hydrogen) atoms. The molecule has 2 aliphatic rings. The second kappa shape index (κ2) is 3.90. The molecule has 1 aliphatic carbocycles. The average Bonchev–Trinajstić information content (AvgIpc) is 2.86. The number of likely N-dealkylation sites (tertiary alicyclic amines) is 1. The minimum Gasteiger partial charge on any atom is -0.394 e. The summed E-state index contributed by atoms with van der Waals surface area (Å²) in [6.07, 6.45) is 0. The Morgan fingerprint density at radius 1 is 1.16 bits per heavy atom. The highest BCUT2D eigenvalue weighted by atomic mass is 16.3. The summed E-state index contributed by atoms with van der Waals surface area (Å²) in [4.78, 5) is 25.9. The van der Waals surface area contributed by atoms with Gasteiger partial charge in [-0.2, -0.15) is 0 Å². The van der Waals surface area contributed by atoms with Crippen molar-refractivity contribution in [2.75, 3.05) is 6.61 Å². The van der Waals surface area contributed by atoms with Crippen LogP contribution >= 0.6 is 0 Å². The van der Waals surface area contributed by atoms with Gasteiger partial charge in [0.25, 0.3) is 0 Å². The lowest BCUT2D eigenvalue weighted by Gasteiger charge is -2.28. The Bertz CT molecular complexity index is 514. The quantitative estimate of drug-likeness (QED) is 0.834. The van der Waals surface area contributed by atoms with Gasteiger partial charge >= 0.3 is 0 Å². The average molecular weight is 259 g/mol. The molecular weight excluding hydrogens is 242 g/mol. The second-order valence-electron chi connectivity index (χ2n) is 5.93. The number of piperidine rings is 1. The van der Waals surface area contributed by atoms with Crippen molar-refractivity contribution >= 4 is 11.8 Å². The van der Waals surface area contributed by atoms with Crippen LogP contribution < -0.4 is 0 Å². The van der Waals surface area contributed by atoms with Crippen LogP contribution in [0.15, 0.2) is 30.3 Å². The summed E-state index contributed by atoms with van der Waals surface area (Å²) >= 11 is 0. The minimum absolute atomic E-state index is 0.136. The number of benzene rings is 1. The lowest BCUT2D eigenvalue weighted by Crippen LogP contribution is -2.40. The number of amides is 2. The summed E-state index contributed by atoms with van der Waals surface area (Å²) in [5.41, 5.74) is 0.590. The minimum atomic E-state index is -0.551. The SMILES string of the molecule is CC1(C)C2C(=O)N(C(CO)c3ccccc3)C(=O)C21. The fourth-order valence-corrected chi connectivity index (χ4v) is 3.29. The maximum atomic E-state index is 12.3. The topological polar surface area (TPSA) is 57.6 Å². The molecule has 1 saturated carbocycles. The molecule has 2 fully saturated rings. The van der Waals surface area contributed by atoms with Crippen molar-refractivity contribution in [3.8, 4) is 0 Å². The lowest BCUT2D eigenvalue weighted by molar-refractivity contribution is -0.147. The Hall–Kier alpha value is -1.68. The predicted molar refractivity (Wildman–Crippen MR) is 68.9 cm³/mol. The third-order valence-electron chi connectivity index (χ3n) is 4.50. The number of nitrogens with zero attached hydrogens (tertiary/aromatic N) is 1. The van der Waals surface area contributed by atoms with Crippen molar-refractivity contribution in [2.45, 2.75) is 19.9 Å². The van der Waals surface area contributed by atoms with Gasteiger partial charge in [-0.05, 0) is 11.0 Å². The molecule has 3 unspecified atom stereocenters. The van der Waals surface area contributed by atoms with E-state index >= 15 is 0 Å². The molecular formula is C15H17NO3. The number of fused-ring (bicyclic) bond motifs is 1. The number of carbonyl (C=O) groups excluding carboxylic acids is 2. The summed E-state index contributed by atoms with van der Waals surface area (Å²) in [5.74, 6) is -0.665. The first-order valence-corrected chi connectivity index (χ1v) is 6.53. The van der Waals surface area contributed by atoms with Crippen LogP contribution in [0.25, 0.3) is 0 Å². The highest BCUT2D eigenvalue weighted by Gasteiger charge is 2.73. The molecule has 0 radical (unpaired) electrons. The van der Waals surface area contributed by atoms with Gasteiger partial charge in [-0.3, -0.25) is 14.5 Å². The third kappa shape index (κ3) is 1.56. The number of imide groups is 1. The molecule has 0 bridgehead atoms. The first-order valence-electron chi connectivity index (χ1n) is 6.53. The van der Waals surface area contributed by atoms with Gasteiger partial charge in [-0.25, -0.2) is 0 Å². The van der Waals surface area contributed by atoms with Gasteiger partial charge in [-0.1, -0.05) is 44.2 Å². The molecule has 1 heterocycles. The molecule has 2 amide bonds. The van der Waals surface area contributed by atoms with E-state index in [4.69, 9.17) is 0 Å². The van der Waals surface area contributed by atoms with Crippen molar-refractivity contribution < 1.29 is 14.7 Å². The van der Waals surface area contributed by atoms with E-state index in [0.29, 0.717) is 0 Å². The zero-order valence-electron chi connectivity index (χ0n) is 11.0. The van der Waals surface area contributed by atoms with Crippen LogP contribution in [0, 0.1) is 17.3 Å². The zero-order chi connectivity index (χ0) is 13.8. The first kappa shape index (κ1) is 12.4. The van der Waals surface area contributed by atoms with Crippen molar-refractivity contribution in [2.24, 2.45) is 17.3 Å². The summed E-state index contributed by atoms with van der Waals surface area (Å²) < 4.78 is 0. The Morgan fingerprint density at radius 3 is 2.16 bits per heavy atom. The van der Waals surface area contributed by atoms with Crippen LogP contribution in [0.5, 0.6) is 0 Å². The Morgan fingerprint density at radius 2 is 1.68 bits per heavy atom. The van der Waals surface area contributed by atoms with Gasteiger partial charge in [0, 0.05) is 0 Å². The van der Waals surface area contributed by atoms with E-state index in [0.717, 1.165) is 5.56 Å². The number of carbonyl (C=O) groups is 2. The largest absolute Gasteiger partial charge is 0.394 e. The van der Waals surface area contributed by atoms with Gasteiger partial charge < -0.3 is 5.11 Å². The van der Waals surface area contributed by atoms with Crippen LogP contribution in [0.4, 0.5) is 0 Å². The van der Waals surface area contributed by atoms with E-state index in [9.17, 15) is 14.7 Å². The van der Waals surface area contributed by atoms with E-state index in [1.54, 1.807) is 0 Å². The summed E-state index contributed by atoms with van der Waals surface area (Å²) in [7, 11) is 0. The number of hydrogen-bond acceptors (Lipinski definition) is 3. The molecule has 1 aliphatic heterocycles. The van der Waals surface area contributed by atoms with Gasteiger partial charge in [0.05, 0.1) is 24.5 Å². The summed E-state index contributed by atoms with van der Waals surface area (Å²) in [5, 5.41) is 9.56. The molecule has 1 saturated heterocycles. The van der Waals surface area contributed by atoms with E-state index in [1.165, 1.54) is 4.90 Å². The van der Waals surface area contributed by atoms with Crippen LogP contribution in [0.2, 0.25) is 0 Å². The number of rotatable bonds is 3. The van der Waals surface area contributed by atoms with Crippen LogP contribution in [-0.4, -0.2) is 28.4 Å². The summed E-state index contributed by atoms with van der Waals surface area (Å²) in [6, 6.07) is 8.66. The Labute approximate surface area is 112 Å². The Kier molecular flexibility index (Phi) is 2.54. The standard InChI is InChI=1S/C15H17NO3/c1-15(2)11-12(15)14(19)16(13(11)18)10(8-17)9-6-4-3-5-7-9/h3-7,10-12,17H,8H2,1-2H3. The third-order valence-corrected chi connectivity index (χ3v) is 4.50. The lowest BCUT2D eigenvalue weighted by atomic mass is 10.0. The van der Waals surface area contributed by atoms with Crippen molar-refractivity contribution in [3.05, 3.63) is 35.9 Å². The predicted octanol–water partition coefficient (Wildman–Crippen LogP) is 1.36. The summed E-state index contributed by atoms with van der Waals surface area (Å²) in [6.45, 7) is 3.67. The highest BCUT2D eigenvalue weighted by Crippen LogP contribution is 2.64. The number of aliphatic hydroxyl groups excluding tert-OH is 1. The first-order chi connectivity index (χ1) is 9.00. The van der Waals surface area contributed by atoms with Crippen LogP contribution in [0.1, 0.15) is 25.5 Å². The second-order valence-corrected chi connectivity index (χ2v) is 5.93. The molecule has 4 nitrogen and oxygen atoms in total. The van der Waals surface area contributed by atoms with E-state index in [-0.39, 0.29) is 35.7 Å². The van der Waals surface area contributed by atoms with Gasteiger partial charge in [-0.15, -0.1) is 0 Å². The maximum Gasteiger partial charge on any atom is 0.234 e. The van der Waals surface area contributed by atoms with Gasteiger partial charge in [0.1, 0.15) is 0 Å². The van der Waals surface area contributed by atoms with Crippen LogP contribution in [0.3, 0.4) is 0 Å². The fourth-order valence-electron chi connectivity index (χ4n) is 3.29. The highest BCUT2D eigenvalue weighted by molar-refractivity contribution is 6.10. The smallest absolute Gasteiger partial charge is 0.234 e. The van der Waals surface area contributed by atoms with Crippen molar-refractivity contribution in [3.63, 3.8) is 0 Å². The molecule has 0 spiro atoms. The van der Waals surface area contributed by atoms with Crippen LogP contribution in [-0.2, 0) is 9.59 Å². The molecule has 3 rings (SSSR count). The number of hydrogen-bond donors (Lipinski definition) is 1. The molecule has 1 aromatic carbocycles. The molecule has 100 valence electrons. The Balaban J connectivity index is 1.91. The molecule has 1 aromatic rings. The number of aliphatic hydroxyl groups is 1. The van der Waals surface area contributed by atoms with Crippen molar-refractivity contribution in [1.29, 1.82) is 0 Å². The fraction of sp³-hybridized carbons (Fsp3) is 0.467. The van der Waals surface area contributed by atoms with E-state index in [2.05, 4.69) is 0 Å². The molecule has 1 N–H and O–H groups in total. The maximum absolute atomic E-state index is 12.3. The van der Waals surface area contributed by atoms with E-state index in [1.807, 2.05) is 44.2 Å². The van der Waals surface area contributed by atoms with E-state index < -0.39 is 6.04 Å². The van der Waals surface area contributed by atoms with Gasteiger partial charge in [0.2, 0.25) is 11.8 Å².